The van der Waals surface area contributed by atoms with Crippen molar-refractivity contribution in [2.24, 2.45) is 5.73 Å². The lowest BCUT2D eigenvalue weighted by molar-refractivity contribution is -0.118. The van der Waals surface area contributed by atoms with E-state index in [-0.39, 0.29) is 36.5 Å². The van der Waals surface area contributed by atoms with Crippen LogP contribution in [0.15, 0.2) is 63.7 Å². The molecule has 0 aliphatic rings. The van der Waals surface area contributed by atoms with Crippen molar-refractivity contribution in [1.29, 1.82) is 0 Å². The molecule has 3 aromatic rings. The second kappa shape index (κ2) is 11.9. The van der Waals surface area contributed by atoms with Gasteiger partial charge in [-0.1, -0.05) is 17.7 Å². The fraction of sp³-hybridized carbons (Fsp3) is 0.238. The van der Waals surface area contributed by atoms with Crippen LogP contribution >= 0.6 is 0 Å². The van der Waals surface area contributed by atoms with Crippen molar-refractivity contribution in [3.63, 3.8) is 0 Å². The zero-order chi connectivity index (χ0) is 24.4. The lowest BCUT2D eigenvalue weighted by Crippen LogP contribution is -2.26. The first-order chi connectivity index (χ1) is 15.7. The quantitative estimate of drug-likeness (QED) is 0.355. The Morgan fingerprint density at radius 1 is 1.27 bits per heavy atom. The summed E-state index contributed by atoms with van der Waals surface area (Å²) in [4.78, 5) is 15.3. The molecule has 1 aromatic heterocycles. The van der Waals surface area contributed by atoms with E-state index in [0.29, 0.717) is 28.8 Å². The molecular formula is C21H25FN4O6S. The molecule has 3 rings (SSSR count). The van der Waals surface area contributed by atoms with Gasteiger partial charge in [-0.3, -0.25) is 9.35 Å². The number of likely N-dealkylation sites (N-methyl/N-ethyl adjacent to an activating group) is 1. The van der Waals surface area contributed by atoms with Gasteiger partial charge in [-0.15, -0.1) is 0 Å². The molecule has 0 fully saturated rings. The summed E-state index contributed by atoms with van der Waals surface area (Å²) in [6.45, 7) is 2.06. The summed E-state index contributed by atoms with van der Waals surface area (Å²) in [5, 5.41) is 5.25. The molecule has 5 N–H and O–H groups in total. The Morgan fingerprint density at radius 2 is 1.97 bits per heavy atom. The number of aromatic nitrogens is 1. The van der Waals surface area contributed by atoms with E-state index in [1.807, 2.05) is 6.92 Å². The molecule has 0 spiro atoms. The molecule has 10 nitrogen and oxygen atoms in total. The number of carbonyl (C=O) groups excluding carboxylic acids is 1. The molecule has 1 amide bonds. The van der Waals surface area contributed by atoms with Crippen LogP contribution in [0.3, 0.4) is 0 Å². The van der Waals surface area contributed by atoms with E-state index in [1.165, 1.54) is 12.1 Å². The number of hydrogen-bond acceptors (Lipinski definition) is 8. The molecule has 1 heterocycles. The SMILES string of the molecule is CNC(=O)CNc1nc2ccc(OC/C(=C\F)CN)cc2o1.Cc1ccc(S(=O)(=O)O)cc1. The summed E-state index contributed by atoms with van der Waals surface area (Å²) >= 11 is 0. The van der Waals surface area contributed by atoms with E-state index in [2.05, 4.69) is 15.6 Å². The van der Waals surface area contributed by atoms with Gasteiger partial charge in [0, 0.05) is 25.2 Å². The Balaban J connectivity index is 0.000000294. The van der Waals surface area contributed by atoms with Crippen LogP contribution in [0.2, 0.25) is 0 Å². The number of fused-ring (bicyclic) bond motifs is 1. The standard InChI is InChI=1S/C14H17FN4O3.C7H8O3S/c1-17-13(20)7-18-14-19-11-3-2-10(4-12(11)22-14)21-8-9(5-15)6-16;1-6-2-4-7(5-3-6)11(8,9)10/h2-5H,6-8,16H2,1H3,(H,17,20)(H,18,19);2-5H,1H3,(H,8,9,10)/b9-5-;. The molecule has 0 unspecified atom stereocenters. The van der Waals surface area contributed by atoms with Crippen LogP contribution in [0.5, 0.6) is 5.75 Å². The van der Waals surface area contributed by atoms with E-state index < -0.39 is 10.1 Å². The van der Waals surface area contributed by atoms with Gasteiger partial charge in [-0.05, 0) is 31.2 Å². The minimum absolute atomic E-state index is 0.0633. The fourth-order valence-electron chi connectivity index (χ4n) is 2.34. The Hall–Kier alpha value is -3.48. The van der Waals surface area contributed by atoms with E-state index >= 15 is 0 Å². The third kappa shape index (κ3) is 8.18. The van der Waals surface area contributed by atoms with E-state index in [9.17, 15) is 17.6 Å². The molecule has 33 heavy (non-hydrogen) atoms. The Morgan fingerprint density at radius 3 is 2.55 bits per heavy atom. The van der Waals surface area contributed by atoms with Gasteiger partial charge >= 0.3 is 0 Å². The minimum Gasteiger partial charge on any atom is -0.489 e. The average Bonchev–Trinajstić information content (AvgIpc) is 3.20. The predicted molar refractivity (Wildman–Crippen MR) is 121 cm³/mol. The van der Waals surface area contributed by atoms with Crippen LogP contribution in [0.25, 0.3) is 11.1 Å². The number of carbonyl (C=O) groups is 1. The van der Waals surface area contributed by atoms with Crippen molar-refractivity contribution in [3.05, 3.63) is 59.9 Å². The largest absolute Gasteiger partial charge is 0.489 e. The van der Waals surface area contributed by atoms with Gasteiger partial charge in [-0.25, -0.2) is 4.39 Å². The molecule has 0 saturated heterocycles. The first-order valence-electron chi connectivity index (χ1n) is 9.66. The maximum atomic E-state index is 12.4. The van der Waals surface area contributed by atoms with Gasteiger partial charge in [0.05, 0.1) is 17.8 Å². The molecular weight excluding hydrogens is 455 g/mol. The molecule has 0 bridgehead atoms. The average molecular weight is 481 g/mol. The third-order valence-corrected chi connectivity index (χ3v) is 5.07. The predicted octanol–water partition coefficient (Wildman–Crippen LogP) is 2.42. The monoisotopic (exact) mass is 480 g/mol. The zero-order valence-electron chi connectivity index (χ0n) is 18.0. The van der Waals surface area contributed by atoms with Crippen LogP contribution < -0.4 is 21.1 Å². The van der Waals surface area contributed by atoms with Crippen molar-refractivity contribution in [2.45, 2.75) is 11.8 Å². The Bertz CT molecular complexity index is 1210. The number of benzene rings is 2. The second-order valence-corrected chi connectivity index (χ2v) is 8.15. The van der Waals surface area contributed by atoms with E-state index in [1.54, 1.807) is 37.4 Å². The summed E-state index contributed by atoms with van der Waals surface area (Å²) in [6.07, 6.45) is 0.438. The number of hydrogen-bond donors (Lipinski definition) is 4. The van der Waals surface area contributed by atoms with Gasteiger partial charge in [0.2, 0.25) is 5.91 Å². The molecule has 0 atom stereocenters. The van der Waals surface area contributed by atoms with Crippen LogP contribution in [-0.4, -0.2) is 50.6 Å². The number of oxazole rings is 1. The number of halogens is 1. The molecule has 178 valence electrons. The second-order valence-electron chi connectivity index (χ2n) is 6.72. The number of nitrogens with two attached hydrogens (primary N) is 1. The number of ether oxygens (including phenoxy) is 1. The summed E-state index contributed by atoms with van der Waals surface area (Å²) in [5.74, 6) is 0.327. The van der Waals surface area contributed by atoms with Gasteiger partial charge in [0.25, 0.3) is 16.1 Å². The Kier molecular flexibility index (Phi) is 9.33. The highest BCUT2D eigenvalue weighted by molar-refractivity contribution is 7.85. The summed E-state index contributed by atoms with van der Waals surface area (Å²) in [6, 6.07) is 11.3. The topological polar surface area (TPSA) is 157 Å². The molecule has 0 aliphatic carbocycles. The first-order valence-corrected chi connectivity index (χ1v) is 11.1. The maximum Gasteiger partial charge on any atom is 0.296 e. The van der Waals surface area contributed by atoms with E-state index in [4.69, 9.17) is 19.4 Å². The van der Waals surface area contributed by atoms with Crippen LogP contribution in [0, 0.1) is 6.92 Å². The van der Waals surface area contributed by atoms with Crippen molar-refractivity contribution in [2.75, 3.05) is 32.1 Å². The Labute approximate surface area is 190 Å². The van der Waals surface area contributed by atoms with Gasteiger partial charge in [0.15, 0.2) is 5.58 Å². The van der Waals surface area contributed by atoms with Crippen LogP contribution in [0.4, 0.5) is 10.4 Å². The van der Waals surface area contributed by atoms with Crippen molar-refractivity contribution >= 4 is 33.1 Å². The lowest BCUT2D eigenvalue weighted by atomic mass is 10.2. The van der Waals surface area contributed by atoms with Crippen LogP contribution in [0.1, 0.15) is 5.56 Å². The molecule has 2 aromatic carbocycles. The van der Waals surface area contributed by atoms with Gasteiger partial charge in [0.1, 0.15) is 17.9 Å². The van der Waals surface area contributed by atoms with Gasteiger partial charge < -0.3 is 25.5 Å². The number of rotatable bonds is 8. The highest BCUT2D eigenvalue weighted by atomic mass is 32.2. The lowest BCUT2D eigenvalue weighted by Gasteiger charge is -2.06. The minimum atomic E-state index is -4.02. The maximum absolute atomic E-state index is 12.4. The normalized spacial score (nSPS) is 11.5. The van der Waals surface area contributed by atoms with Crippen molar-refractivity contribution < 1.29 is 31.3 Å². The summed E-state index contributed by atoms with van der Waals surface area (Å²) in [5.41, 5.74) is 7.77. The first kappa shape index (κ1) is 25.8. The molecule has 0 aliphatic heterocycles. The van der Waals surface area contributed by atoms with E-state index in [0.717, 1.165) is 5.56 Å². The summed E-state index contributed by atoms with van der Waals surface area (Å²) in [7, 11) is -2.48. The zero-order valence-corrected chi connectivity index (χ0v) is 18.9. The fourth-order valence-corrected chi connectivity index (χ4v) is 2.82. The van der Waals surface area contributed by atoms with Gasteiger partial charge in [-0.2, -0.15) is 13.4 Å². The summed E-state index contributed by atoms with van der Waals surface area (Å²) < 4.78 is 52.8. The number of nitrogens with zero attached hydrogens (tertiary/aromatic N) is 1. The van der Waals surface area contributed by atoms with Crippen molar-refractivity contribution in [1.82, 2.24) is 10.3 Å². The molecule has 0 radical (unpaired) electrons. The highest BCUT2D eigenvalue weighted by Crippen LogP contribution is 2.24. The smallest absolute Gasteiger partial charge is 0.296 e. The number of amides is 1. The van der Waals surface area contributed by atoms with Crippen molar-refractivity contribution in [3.8, 4) is 5.75 Å². The number of nitrogens with one attached hydrogen (secondary N) is 2. The highest BCUT2D eigenvalue weighted by Gasteiger charge is 2.09. The third-order valence-electron chi connectivity index (χ3n) is 4.20. The number of aryl methyl sites for hydroxylation is 1. The molecule has 0 saturated carbocycles. The van der Waals surface area contributed by atoms with Crippen LogP contribution in [-0.2, 0) is 14.9 Å². The number of anilines is 1. The molecule has 12 heteroatoms.